The van der Waals surface area contributed by atoms with Gasteiger partial charge in [-0.05, 0) is 37.3 Å². The third-order valence-corrected chi connectivity index (χ3v) is 3.11. The lowest BCUT2D eigenvalue weighted by molar-refractivity contribution is 0.208. The topological polar surface area (TPSA) is 61.0 Å². The molecule has 1 heterocycles. The molecule has 2 N–H and O–H groups in total. The van der Waals surface area contributed by atoms with Crippen molar-refractivity contribution in [3.05, 3.63) is 18.3 Å². The molecule has 1 aromatic rings. The summed E-state index contributed by atoms with van der Waals surface area (Å²) in [5, 5.41) is 7.66. The Kier molecular flexibility index (Phi) is 3.50. The highest BCUT2D eigenvalue weighted by molar-refractivity contribution is 5.05. The van der Waals surface area contributed by atoms with Crippen LogP contribution in [0.4, 0.5) is 0 Å². The lowest BCUT2D eigenvalue weighted by atomic mass is 9.97. The van der Waals surface area contributed by atoms with Gasteiger partial charge in [-0.15, -0.1) is 5.10 Å². The molecule has 1 saturated carbocycles. The van der Waals surface area contributed by atoms with Gasteiger partial charge in [-0.1, -0.05) is 6.42 Å². The van der Waals surface area contributed by atoms with Gasteiger partial charge in [-0.2, -0.15) is 5.10 Å². The van der Waals surface area contributed by atoms with Crippen LogP contribution in [0.25, 0.3) is 0 Å². The number of hydrogen-bond acceptors (Lipinski definition) is 4. The Morgan fingerprint density at radius 3 is 3.00 bits per heavy atom. The van der Waals surface area contributed by atoms with Gasteiger partial charge in [0.2, 0.25) is 5.88 Å². The molecular formula is C11H17N3O. The van der Waals surface area contributed by atoms with E-state index < -0.39 is 0 Å². The van der Waals surface area contributed by atoms with Crippen LogP contribution in [-0.4, -0.2) is 23.3 Å². The third kappa shape index (κ3) is 2.65. The first-order chi connectivity index (χ1) is 7.40. The van der Waals surface area contributed by atoms with E-state index in [2.05, 4.69) is 10.2 Å². The van der Waals surface area contributed by atoms with Gasteiger partial charge in [0.25, 0.3) is 0 Å². The van der Waals surface area contributed by atoms with E-state index in [1.807, 2.05) is 12.1 Å². The summed E-state index contributed by atoms with van der Waals surface area (Å²) in [4.78, 5) is 0. The van der Waals surface area contributed by atoms with Crippen LogP contribution in [0.3, 0.4) is 0 Å². The Balaban J connectivity index is 1.83. The van der Waals surface area contributed by atoms with Crippen LogP contribution in [-0.2, 0) is 0 Å². The van der Waals surface area contributed by atoms with Gasteiger partial charge in [0.1, 0.15) is 0 Å². The number of nitrogens with two attached hydrogens (primary N) is 1. The Labute approximate surface area is 89.8 Å². The van der Waals surface area contributed by atoms with E-state index in [1.165, 1.54) is 19.3 Å². The van der Waals surface area contributed by atoms with E-state index in [4.69, 9.17) is 10.5 Å². The zero-order valence-corrected chi connectivity index (χ0v) is 8.80. The minimum atomic E-state index is 0.594. The Hall–Kier alpha value is -1.16. The zero-order chi connectivity index (χ0) is 10.5. The van der Waals surface area contributed by atoms with Crippen LogP contribution >= 0.6 is 0 Å². The maximum atomic E-state index is 5.71. The van der Waals surface area contributed by atoms with E-state index >= 15 is 0 Å². The number of ether oxygens (including phenoxy) is 1. The van der Waals surface area contributed by atoms with Gasteiger partial charge in [-0.25, -0.2) is 0 Å². The predicted octanol–water partition coefficient (Wildman–Crippen LogP) is 1.23. The summed E-state index contributed by atoms with van der Waals surface area (Å²) in [6, 6.07) is 3.66. The van der Waals surface area contributed by atoms with Crippen LogP contribution in [0.2, 0.25) is 0 Å². The molecule has 0 bridgehead atoms. The lowest BCUT2D eigenvalue weighted by Gasteiger charge is -2.17. The molecule has 1 aromatic heterocycles. The van der Waals surface area contributed by atoms with Crippen molar-refractivity contribution >= 4 is 0 Å². The smallest absolute Gasteiger partial charge is 0.233 e. The van der Waals surface area contributed by atoms with Crippen molar-refractivity contribution in [2.24, 2.45) is 17.6 Å². The molecule has 82 valence electrons. The molecule has 0 aromatic carbocycles. The summed E-state index contributed by atoms with van der Waals surface area (Å²) >= 11 is 0. The fourth-order valence-corrected chi connectivity index (χ4v) is 2.20. The van der Waals surface area contributed by atoms with Gasteiger partial charge < -0.3 is 10.5 Å². The maximum Gasteiger partial charge on any atom is 0.233 e. The van der Waals surface area contributed by atoms with Crippen LogP contribution in [0.5, 0.6) is 5.88 Å². The summed E-state index contributed by atoms with van der Waals surface area (Å²) in [5.41, 5.74) is 5.71. The highest BCUT2D eigenvalue weighted by atomic mass is 16.5. The molecule has 2 unspecified atom stereocenters. The normalized spacial score (nSPS) is 25.4. The molecule has 15 heavy (non-hydrogen) atoms. The van der Waals surface area contributed by atoms with Crippen molar-refractivity contribution in [2.75, 3.05) is 13.2 Å². The monoisotopic (exact) mass is 207 g/mol. The first-order valence-electron chi connectivity index (χ1n) is 5.50. The summed E-state index contributed by atoms with van der Waals surface area (Å²) < 4.78 is 5.59. The lowest BCUT2D eigenvalue weighted by Crippen LogP contribution is -2.23. The molecule has 2 atom stereocenters. The fourth-order valence-electron chi connectivity index (χ4n) is 2.20. The fraction of sp³-hybridized carbons (Fsp3) is 0.636. The number of aromatic nitrogens is 2. The first kappa shape index (κ1) is 10.4. The molecule has 1 aliphatic carbocycles. The standard InChI is InChI=1S/C11H17N3O/c12-7-9-3-1-4-10(9)8-15-11-5-2-6-13-14-11/h2,5-6,9-10H,1,3-4,7-8,12H2. The molecule has 0 spiro atoms. The molecular weight excluding hydrogens is 190 g/mol. The minimum absolute atomic E-state index is 0.594. The van der Waals surface area contributed by atoms with Crippen molar-refractivity contribution in [1.29, 1.82) is 0 Å². The molecule has 2 rings (SSSR count). The molecule has 1 aliphatic rings. The van der Waals surface area contributed by atoms with Crippen molar-refractivity contribution in [2.45, 2.75) is 19.3 Å². The molecule has 0 radical (unpaired) electrons. The van der Waals surface area contributed by atoms with Gasteiger partial charge in [-0.3, -0.25) is 0 Å². The van der Waals surface area contributed by atoms with E-state index in [-0.39, 0.29) is 0 Å². The Bertz CT molecular complexity index is 291. The largest absolute Gasteiger partial charge is 0.476 e. The van der Waals surface area contributed by atoms with Gasteiger partial charge in [0.05, 0.1) is 6.61 Å². The maximum absolute atomic E-state index is 5.71. The molecule has 1 fully saturated rings. The van der Waals surface area contributed by atoms with Gasteiger partial charge >= 0.3 is 0 Å². The Morgan fingerprint density at radius 1 is 1.40 bits per heavy atom. The number of nitrogens with zero attached hydrogens (tertiary/aromatic N) is 2. The van der Waals surface area contributed by atoms with Crippen LogP contribution < -0.4 is 10.5 Å². The predicted molar refractivity (Wildman–Crippen MR) is 57.4 cm³/mol. The summed E-state index contributed by atoms with van der Waals surface area (Å²) in [7, 11) is 0. The van der Waals surface area contributed by atoms with Crippen molar-refractivity contribution < 1.29 is 4.74 Å². The number of hydrogen-bond donors (Lipinski definition) is 1. The van der Waals surface area contributed by atoms with E-state index in [0.717, 1.165) is 13.2 Å². The minimum Gasteiger partial charge on any atom is -0.476 e. The summed E-state index contributed by atoms with van der Waals surface area (Å²) in [5.74, 6) is 1.83. The summed E-state index contributed by atoms with van der Waals surface area (Å²) in [6.45, 7) is 1.50. The van der Waals surface area contributed by atoms with E-state index in [0.29, 0.717) is 17.7 Å². The number of rotatable bonds is 4. The molecule has 4 heteroatoms. The second kappa shape index (κ2) is 5.07. The van der Waals surface area contributed by atoms with Crippen molar-refractivity contribution in [3.8, 4) is 5.88 Å². The SMILES string of the molecule is NCC1CCCC1COc1cccnn1. The molecule has 0 aliphatic heterocycles. The van der Waals surface area contributed by atoms with E-state index in [1.54, 1.807) is 6.20 Å². The summed E-state index contributed by atoms with van der Waals surface area (Å²) in [6.07, 6.45) is 5.38. The van der Waals surface area contributed by atoms with Gasteiger partial charge in [0.15, 0.2) is 0 Å². The first-order valence-corrected chi connectivity index (χ1v) is 5.50. The molecule has 4 nitrogen and oxygen atoms in total. The molecule has 0 saturated heterocycles. The van der Waals surface area contributed by atoms with Crippen LogP contribution in [0.15, 0.2) is 18.3 Å². The highest BCUT2D eigenvalue weighted by Gasteiger charge is 2.26. The highest BCUT2D eigenvalue weighted by Crippen LogP contribution is 2.31. The average Bonchev–Trinajstić information content (AvgIpc) is 2.75. The zero-order valence-electron chi connectivity index (χ0n) is 8.80. The average molecular weight is 207 g/mol. The van der Waals surface area contributed by atoms with Crippen molar-refractivity contribution in [3.63, 3.8) is 0 Å². The molecule has 0 amide bonds. The van der Waals surface area contributed by atoms with E-state index in [9.17, 15) is 0 Å². The van der Waals surface area contributed by atoms with Crippen LogP contribution in [0.1, 0.15) is 19.3 Å². The Morgan fingerprint density at radius 2 is 2.27 bits per heavy atom. The second-order valence-corrected chi connectivity index (χ2v) is 4.06. The van der Waals surface area contributed by atoms with Crippen LogP contribution in [0, 0.1) is 11.8 Å². The quantitative estimate of drug-likeness (QED) is 0.806. The second-order valence-electron chi connectivity index (χ2n) is 4.06. The van der Waals surface area contributed by atoms with Crippen molar-refractivity contribution in [1.82, 2.24) is 10.2 Å². The van der Waals surface area contributed by atoms with Gasteiger partial charge in [0, 0.05) is 12.3 Å². The third-order valence-electron chi connectivity index (χ3n) is 3.11.